The second-order valence-corrected chi connectivity index (χ2v) is 4.43. The molecule has 120 valence electrons. The summed E-state index contributed by atoms with van der Waals surface area (Å²) in [6.07, 6.45) is -4.15. The van der Waals surface area contributed by atoms with E-state index in [4.69, 9.17) is 4.74 Å². The van der Waals surface area contributed by atoms with Crippen LogP contribution in [0.3, 0.4) is 0 Å². The molecule has 8 heteroatoms. The molecule has 0 aliphatic rings. The Morgan fingerprint density at radius 1 is 1.13 bits per heavy atom. The number of hydrogen-bond donors (Lipinski definition) is 1. The van der Waals surface area contributed by atoms with Crippen molar-refractivity contribution < 1.29 is 27.5 Å². The largest absolute Gasteiger partial charge is 0.455 e. The molecule has 0 aliphatic carbocycles. The van der Waals surface area contributed by atoms with Crippen molar-refractivity contribution >= 4 is 17.6 Å². The van der Waals surface area contributed by atoms with Gasteiger partial charge in [0.1, 0.15) is 6.61 Å². The molecule has 1 heterocycles. The Bertz CT molecular complexity index is 703. The van der Waals surface area contributed by atoms with E-state index in [1.54, 1.807) is 30.3 Å². The van der Waals surface area contributed by atoms with Gasteiger partial charge < -0.3 is 4.74 Å². The third kappa shape index (κ3) is 4.53. The van der Waals surface area contributed by atoms with Crippen molar-refractivity contribution in [1.82, 2.24) is 4.98 Å². The summed E-state index contributed by atoms with van der Waals surface area (Å²) in [5.41, 5.74) is -0.360. The number of pyridine rings is 1. The predicted octanol–water partition coefficient (Wildman–Crippen LogP) is 3.58. The van der Waals surface area contributed by atoms with Crippen molar-refractivity contribution in [2.24, 2.45) is 0 Å². The van der Waals surface area contributed by atoms with Crippen LogP contribution in [0.4, 0.5) is 23.7 Å². The van der Waals surface area contributed by atoms with Gasteiger partial charge in [-0.15, -0.1) is 0 Å². The first-order valence-electron chi connectivity index (χ1n) is 6.41. The minimum Gasteiger partial charge on any atom is -0.444 e. The third-order valence-electron chi connectivity index (χ3n) is 2.77. The number of ether oxygens (including phenoxy) is 1. The molecule has 0 atom stereocenters. The second-order valence-electron chi connectivity index (χ2n) is 4.43. The lowest BCUT2D eigenvalue weighted by Crippen LogP contribution is -2.25. The lowest BCUT2D eigenvalue weighted by atomic mass is 10.1. The Morgan fingerprint density at radius 3 is 2.48 bits per heavy atom. The normalized spacial score (nSPS) is 10.9. The van der Waals surface area contributed by atoms with Crippen LogP contribution in [0, 0.1) is 0 Å². The van der Waals surface area contributed by atoms with Crippen LogP contribution in [0.5, 0.6) is 0 Å². The Balaban J connectivity index is 2.05. The molecule has 0 radical (unpaired) electrons. The topological polar surface area (TPSA) is 68.3 Å². The highest BCUT2D eigenvalue weighted by Crippen LogP contribution is 2.25. The van der Waals surface area contributed by atoms with Crippen molar-refractivity contribution in [3.63, 3.8) is 0 Å². The number of nitrogens with one attached hydrogen (secondary N) is 1. The van der Waals surface area contributed by atoms with Crippen LogP contribution >= 0.6 is 0 Å². The number of hydrogen-bond acceptors (Lipinski definition) is 4. The van der Waals surface area contributed by atoms with E-state index in [9.17, 15) is 22.8 Å². The molecule has 0 saturated heterocycles. The molecule has 0 spiro atoms. The summed E-state index contributed by atoms with van der Waals surface area (Å²) in [5, 5.41) is 2.11. The number of carbonyl (C=O) groups is 2. The molecule has 0 aliphatic heterocycles. The maximum absolute atomic E-state index is 12.5. The van der Waals surface area contributed by atoms with Crippen LogP contribution in [0.1, 0.15) is 15.9 Å². The highest BCUT2D eigenvalue weighted by molar-refractivity contribution is 6.06. The van der Waals surface area contributed by atoms with E-state index in [0.717, 1.165) is 18.5 Å². The van der Waals surface area contributed by atoms with E-state index in [1.165, 1.54) is 0 Å². The zero-order valence-corrected chi connectivity index (χ0v) is 11.6. The van der Waals surface area contributed by atoms with E-state index in [1.807, 2.05) is 0 Å². The van der Waals surface area contributed by atoms with Crippen LogP contribution in [0.25, 0.3) is 0 Å². The first kappa shape index (κ1) is 16.5. The molecule has 23 heavy (non-hydrogen) atoms. The molecule has 1 amide bonds. The monoisotopic (exact) mass is 324 g/mol. The van der Waals surface area contributed by atoms with Gasteiger partial charge in [-0.3, -0.25) is 15.1 Å². The molecule has 2 aromatic rings. The zero-order chi connectivity index (χ0) is 16.9. The lowest BCUT2D eigenvalue weighted by Gasteiger charge is -2.11. The first-order valence-corrected chi connectivity index (χ1v) is 6.41. The van der Waals surface area contributed by atoms with Crippen LogP contribution in [0.15, 0.2) is 48.8 Å². The van der Waals surface area contributed by atoms with E-state index in [0.29, 0.717) is 5.56 Å². The number of aromatic nitrogens is 1. The van der Waals surface area contributed by atoms with Gasteiger partial charge in [0, 0.05) is 12.4 Å². The summed E-state index contributed by atoms with van der Waals surface area (Å²) in [6.45, 7) is -0.0553. The molecule has 1 aromatic carbocycles. The van der Waals surface area contributed by atoms with E-state index in [-0.39, 0.29) is 12.3 Å². The molecule has 0 unspecified atom stereocenters. The van der Waals surface area contributed by atoms with Crippen molar-refractivity contribution in [3.8, 4) is 0 Å². The summed E-state index contributed by atoms with van der Waals surface area (Å²) in [7, 11) is 0. The number of anilines is 1. The van der Waals surface area contributed by atoms with Crippen molar-refractivity contribution in [2.75, 3.05) is 5.32 Å². The van der Waals surface area contributed by atoms with Crippen molar-refractivity contribution in [2.45, 2.75) is 12.8 Å². The van der Waals surface area contributed by atoms with Gasteiger partial charge in [0.15, 0.2) is 0 Å². The average molecular weight is 324 g/mol. The minimum absolute atomic E-state index is 0.0553. The number of ketones is 1. The molecule has 1 N–H and O–H groups in total. The van der Waals surface area contributed by atoms with Gasteiger partial charge in [-0.2, -0.15) is 13.2 Å². The zero-order valence-electron chi connectivity index (χ0n) is 11.6. The number of nitrogens with zero attached hydrogens (tertiary/aromatic N) is 1. The molecule has 5 nitrogen and oxygen atoms in total. The van der Waals surface area contributed by atoms with Crippen molar-refractivity contribution in [3.05, 3.63) is 59.9 Å². The first-order chi connectivity index (χ1) is 10.9. The van der Waals surface area contributed by atoms with Gasteiger partial charge in [-0.05, 0) is 11.6 Å². The number of rotatable bonds is 4. The quantitative estimate of drug-likeness (QED) is 0.873. The second kappa shape index (κ2) is 6.91. The fourth-order valence-electron chi connectivity index (χ4n) is 1.71. The molecule has 1 aromatic heterocycles. The van der Waals surface area contributed by atoms with Gasteiger partial charge in [-0.1, -0.05) is 30.3 Å². The van der Waals surface area contributed by atoms with E-state index in [2.05, 4.69) is 10.3 Å². The Kier molecular flexibility index (Phi) is 4.95. The Morgan fingerprint density at radius 2 is 1.83 bits per heavy atom. The molecule has 2 rings (SSSR count). The Labute approximate surface area is 129 Å². The predicted molar refractivity (Wildman–Crippen MR) is 74.9 cm³/mol. The molecule has 0 fully saturated rings. The van der Waals surface area contributed by atoms with Crippen molar-refractivity contribution in [1.29, 1.82) is 0 Å². The lowest BCUT2D eigenvalue weighted by molar-refractivity contribution is -0.0885. The maximum atomic E-state index is 12.5. The highest BCUT2D eigenvalue weighted by atomic mass is 19.4. The number of halogens is 3. The summed E-state index contributed by atoms with van der Waals surface area (Å²) in [6, 6.07) is 9.81. The highest BCUT2D eigenvalue weighted by Gasteiger charge is 2.40. The SMILES string of the molecule is O=C(Nc1ccncc1C(=O)C(F)(F)F)OCc1ccccc1. The van der Waals surface area contributed by atoms with Gasteiger partial charge in [0.25, 0.3) is 5.78 Å². The number of Topliss-reactive ketones (excluding diaryl/α,β-unsaturated/α-hetero) is 1. The average Bonchev–Trinajstić information content (AvgIpc) is 2.53. The Hall–Kier alpha value is -2.90. The van der Waals surface area contributed by atoms with Crippen LogP contribution in [-0.2, 0) is 11.3 Å². The molecular formula is C15H11F3N2O3. The number of alkyl halides is 3. The number of benzene rings is 1. The third-order valence-corrected chi connectivity index (χ3v) is 2.77. The standard InChI is InChI=1S/C15H11F3N2O3/c16-15(17,18)13(21)11-8-19-7-6-12(11)20-14(22)23-9-10-4-2-1-3-5-10/h1-8H,9H2,(H,19,20,22). The summed E-state index contributed by atoms with van der Waals surface area (Å²) < 4.78 is 42.4. The van der Waals surface area contributed by atoms with Gasteiger partial charge >= 0.3 is 12.3 Å². The molecule has 0 saturated carbocycles. The number of amides is 1. The summed E-state index contributed by atoms with van der Waals surface area (Å²) in [4.78, 5) is 26.4. The molecular weight excluding hydrogens is 313 g/mol. The van der Waals surface area contributed by atoms with Crippen LogP contribution in [-0.4, -0.2) is 23.0 Å². The molecule has 0 bridgehead atoms. The fourth-order valence-corrected chi connectivity index (χ4v) is 1.71. The smallest absolute Gasteiger partial charge is 0.444 e. The van der Waals surface area contributed by atoms with Gasteiger partial charge in [0.05, 0.1) is 11.3 Å². The van der Waals surface area contributed by atoms with Gasteiger partial charge in [0.2, 0.25) is 0 Å². The van der Waals surface area contributed by atoms with Crippen LogP contribution < -0.4 is 5.32 Å². The van der Waals surface area contributed by atoms with Gasteiger partial charge in [-0.25, -0.2) is 4.79 Å². The fraction of sp³-hybridized carbons (Fsp3) is 0.133. The summed E-state index contributed by atoms with van der Waals surface area (Å²) in [5.74, 6) is -2.09. The van der Waals surface area contributed by atoms with Crippen LogP contribution in [0.2, 0.25) is 0 Å². The maximum Gasteiger partial charge on any atom is 0.455 e. The van der Waals surface area contributed by atoms with E-state index < -0.39 is 23.6 Å². The minimum atomic E-state index is -5.06. The number of carbonyl (C=O) groups excluding carboxylic acids is 2. The summed E-state index contributed by atoms with van der Waals surface area (Å²) >= 11 is 0. The van der Waals surface area contributed by atoms with E-state index >= 15 is 0 Å².